The van der Waals surface area contributed by atoms with Gasteiger partial charge in [-0.15, -0.1) is 0 Å². The van der Waals surface area contributed by atoms with Crippen molar-refractivity contribution in [3.63, 3.8) is 0 Å². The molecule has 1 aliphatic carbocycles. The van der Waals surface area contributed by atoms with Crippen LogP contribution in [0.5, 0.6) is 0 Å². The average molecular weight is 371 g/mol. The third kappa shape index (κ3) is 3.17. The maximum Gasteiger partial charge on any atom is 0.246 e. The lowest BCUT2D eigenvalue weighted by molar-refractivity contribution is -0.118. The summed E-state index contributed by atoms with van der Waals surface area (Å²) in [7, 11) is -3.83. The van der Waals surface area contributed by atoms with Crippen LogP contribution in [0, 0.1) is 0 Å². The molecule has 0 heterocycles. The molecule has 0 unspecified atom stereocenters. The standard InChI is InChI=1S/C20H21NO4S/c1-15(22)16-8-7-9-17(14-16)21-19(23)20(12-5-6-13-20)26(24,25)18-10-3-2-4-11-18/h2-4,7-11,14H,5-6,12-13H2,1H3,(H,21,23). The third-order valence-electron chi connectivity index (χ3n) is 4.92. The Bertz CT molecular complexity index is 929. The zero-order valence-electron chi connectivity index (χ0n) is 14.6. The highest BCUT2D eigenvalue weighted by Crippen LogP contribution is 2.41. The van der Waals surface area contributed by atoms with Crippen molar-refractivity contribution in [3.8, 4) is 0 Å². The van der Waals surface area contributed by atoms with Crippen LogP contribution in [-0.2, 0) is 14.6 Å². The van der Waals surface area contributed by atoms with Crippen molar-refractivity contribution in [3.05, 3.63) is 60.2 Å². The van der Waals surface area contributed by atoms with Crippen LogP contribution < -0.4 is 5.32 Å². The molecule has 1 saturated carbocycles. The van der Waals surface area contributed by atoms with E-state index in [1.54, 1.807) is 42.5 Å². The summed E-state index contributed by atoms with van der Waals surface area (Å²) in [6.07, 6.45) is 1.96. The number of hydrogen-bond acceptors (Lipinski definition) is 4. The molecule has 136 valence electrons. The Hall–Kier alpha value is -2.47. The van der Waals surface area contributed by atoms with Gasteiger partial charge in [0.05, 0.1) is 4.90 Å². The average Bonchev–Trinajstić information content (AvgIpc) is 3.14. The maximum atomic E-state index is 13.2. The predicted octanol–water partition coefficient (Wildman–Crippen LogP) is 3.61. The van der Waals surface area contributed by atoms with Gasteiger partial charge >= 0.3 is 0 Å². The normalized spacial score (nSPS) is 16.2. The van der Waals surface area contributed by atoms with E-state index in [0.717, 1.165) is 0 Å². The minimum atomic E-state index is -3.83. The summed E-state index contributed by atoms with van der Waals surface area (Å²) in [5, 5.41) is 2.73. The number of benzene rings is 2. The molecule has 0 spiro atoms. The molecule has 2 aromatic rings. The molecule has 2 aromatic carbocycles. The topological polar surface area (TPSA) is 80.3 Å². The first-order chi connectivity index (χ1) is 12.4. The summed E-state index contributed by atoms with van der Waals surface area (Å²) >= 11 is 0. The number of anilines is 1. The number of carbonyl (C=O) groups excluding carboxylic acids is 2. The fourth-order valence-electron chi connectivity index (χ4n) is 3.45. The van der Waals surface area contributed by atoms with Crippen LogP contribution in [0.15, 0.2) is 59.5 Å². The van der Waals surface area contributed by atoms with Crippen LogP contribution >= 0.6 is 0 Å². The van der Waals surface area contributed by atoms with E-state index in [9.17, 15) is 18.0 Å². The molecule has 0 aliphatic heterocycles. The van der Waals surface area contributed by atoms with Gasteiger partial charge in [-0.1, -0.05) is 43.2 Å². The monoisotopic (exact) mass is 371 g/mol. The number of ketones is 1. The first-order valence-corrected chi connectivity index (χ1v) is 10.1. The Kier molecular flexibility index (Phi) is 4.96. The Balaban J connectivity index is 1.96. The first kappa shape index (κ1) is 18.3. The lowest BCUT2D eigenvalue weighted by atomic mass is 10.1. The Morgan fingerprint density at radius 1 is 0.962 bits per heavy atom. The van der Waals surface area contributed by atoms with E-state index in [2.05, 4.69) is 5.32 Å². The summed E-state index contributed by atoms with van der Waals surface area (Å²) in [5.41, 5.74) is 0.895. The van der Waals surface area contributed by atoms with Gasteiger partial charge in [0.25, 0.3) is 0 Å². The second-order valence-electron chi connectivity index (χ2n) is 6.61. The molecule has 1 N–H and O–H groups in total. The highest BCUT2D eigenvalue weighted by Gasteiger charge is 2.52. The van der Waals surface area contributed by atoms with E-state index in [4.69, 9.17) is 0 Å². The number of Topliss-reactive ketones (excluding diaryl/α,β-unsaturated/α-hetero) is 1. The Morgan fingerprint density at radius 3 is 2.23 bits per heavy atom. The lowest BCUT2D eigenvalue weighted by Crippen LogP contribution is -2.47. The molecular formula is C20H21NO4S. The van der Waals surface area contributed by atoms with Crippen molar-refractivity contribution >= 4 is 27.2 Å². The summed E-state index contributed by atoms with van der Waals surface area (Å²) in [6.45, 7) is 1.44. The van der Waals surface area contributed by atoms with Crippen LogP contribution in [-0.4, -0.2) is 24.9 Å². The van der Waals surface area contributed by atoms with Crippen molar-refractivity contribution < 1.29 is 18.0 Å². The molecule has 0 bridgehead atoms. The zero-order chi connectivity index (χ0) is 18.8. The lowest BCUT2D eigenvalue weighted by Gasteiger charge is -2.27. The highest BCUT2D eigenvalue weighted by molar-refractivity contribution is 7.93. The molecule has 1 aliphatic rings. The predicted molar refractivity (Wildman–Crippen MR) is 99.9 cm³/mol. The van der Waals surface area contributed by atoms with Gasteiger partial charge in [0, 0.05) is 11.3 Å². The SMILES string of the molecule is CC(=O)c1cccc(NC(=O)C2(S(=O)(=O)c3ccccc3)CCCC2)c1. The number of hydrogen-bond donors (Lipinski definition) is 1. The molecule has 0 aromatic heterocycles. The van der Waals surface area contributed by atoms with Crippen LogP contribution in [0.1, 0.15) is 43.0 Å². The Morgan fingerprint density at radius 2 is 1.62 bits per heavy atom. The zero-order valence-corrected chi connectivity index (χ0v) is 15.4. The van der Waals surface area contributed by atoms with E-state index in [1.807, 2.05) is 0 Å². The van der Waals surface area contributed by atoms with Gasteiger partial charge in [-0.3, -0.25) is 9.59 Å². The molecule has 26 heavy (non-hydrogen) atoms. The maximum absolute atomic E-state index is 13.2. The van der Waals surface area contributed by atoms with E-state index >= 15 is 0 Å². The molecule has 1 fully saturated rings. The van der Waals surface area contributed by atoms with Crippen LogP contribution in [0.4, 0.5) is 5.69 Å². The van der Waals surface area contributed by atoms with Gasteiger partial charge in [-0.05, 0) is 44.0 Å². The molecule has 1 amide bonds. The molecule has 0 atom stereocenters. The van der Waals surface area contributed by atoms with Crippen molar-refractivity contribution in [2.45, 2.75) is 42.2 Å². The van der Waals surface area contributed by atoms with E-state index in [0.29, 0.717) is 36.9 Å². The minimum absolute atomic E-state index is 0.117. The van der Waals surface area contributed by atoms with Crippen molar-refractivity contribution in [2.24, 2.45) is 0 Å². The van der Waals surface area contributed by atoms with Crippen LogP contribution in [0.25, 0.3) is 0 Å². The fraction of sp³-hybridized carbons (Fsp3) is 0.300. The molecule has 0 radical (unpaired) electrons. The number of carbonyl (C=O) groups is 2. The Labute approximate surface area is 153 Å². The van der Waals surface area contributed by atoms with Crippen molar-refractivity contribution in [1.82, 2.24) is 0 Å². The number of sulfone groups is 1. The summed E-state index contributed by atoms with van der Waals surface area (Å²) in [4.78, 5) is 24.8. The number of amides is 1. The largest absolute Gasteiger partial charge is 0.325 e. The molecular weight excluding hydrogens is 350 g/mol. The van der Waals surface area contributed by atoms with Gasteiger partial charge in [-0.2, -0.15) is 0 Å². The van der Waals surface area contributed by atoms with Crippen LogP contribution in [0.3, 0.4) is 0 Å². The molecule has 3 rings (SSSR count). The first-order valence-electron chi connectivity index (χ1n) is 8.59. The van der Waals surface area contributed by atoms with E-state index in [-0.39, 0.29) is 10.7 Å². The van der Waals surface area contributed by atoms with Gasteiger partial charge < -0.3 is 5.32 Å². The van der Waals surface area contributed by atoms with Gasteiger partial charge in [-0.25, -0.2) is 8.42 Å². The molecule has 5 nitrogen and oxygen atoms in total. The van der Waals surface area contributed by atoms with Crippen molar-refractivity contribution in [1.29, 1.82) is 0 Å². The minimum Gasteiger partial charge on any atom is -0.325 e. The van der Waals surface area contributed by atoms with E-state index in [1.165, 1.54) is 19.1 Å². The van der Waals surface area contributed by atoms with E-state index < -0.39 is 20.5 Å². The fourth-order valence-corrected chi connectivity index (χ4v) is 5.54. The summed E-state index contributed by atoms with van der Waals surface area (Å²) < 4.78 is 25.0. The summed E-state index contributed by atoms with van der Waals surface area (Å²) in [5.74, 6) is -0.645. The summed E-state index contributed by atoms with van der Waals surface area (Å²) in [6, 6.07) is 14.7. The quantitative estimate of drug-likeness (QED) is 0.814. The number of rotatable bonds is 5. The van der Waals surface area contributed by atoms with Gasteiger partial charge in [0.1, 0.15) is 0 Å². The highest BCUT2D eigenvalue weighted by atomic mass is 32.2. The molecule has 6 heteroatoms. The van der Waals surface area contributed by atoms with Crippen LogP contribution in [0.2, 0.25) is 0 Å². The van der Waals surface area contributed by atoms with Crippen molar-refractivity contribution in [2.75, 3.05) is 5.32 Å². The van der Waals surface area contributed by atoms with Gasteiger partial charge in [0.15, 0.2) is 20.4 Å². The third-order valence-corrected chi connectivity index (χ3v) is 7.44. The molecule has 0 saturated heterocycles. The second-order valence-corrected chi connectivity index (χ2v) is 8.87. The smallest absolute Gasteiger partial charge is 0.246 e. The van der Waals surface area contributed by atoms with Gasteiger partial charge in [0.2, 0.25) is 5.91 Å². The number of nitrogens with one attached hydrogen (secondary N) is 1. The second kappa shape index (κ2) is 7.03.